The molecule has 0 bridgehead atoms. The number of hydrogen-bond acceptors (Lipinski definition) is 3. The molecule has 0 atom stereocenters. The van der Waals surface area contributed by atoms with E-state index >= 15 is 0 Å². The summed E-state index contributed by atoms with van der Waals surface area (Å²) in [5.74, 6) is 1.09. The van der Waals surface area contributed by atoms with E-state index in [-0.39, 0.29) is 0 Å². The van der Waals surface area contributed by atoms with Crippen molar-refractivity contribution in [2.45, 2.75) is 13.5 Å². The summed E-state index contributed by atoms with van der Waals surface area (Å²) in [7, 11) is 5.92. The van der Waals surface area contributed by atoms with E-state index < -0.39 is 0 Å². The molecule has 4 heteroatoms. The molecule has 1 heterocycles. The smallest absolute Gasteiger partial charge is 0.130 e. The standard InChI is InChI=1S/C8H16N4/c1-6-7(5-9)8(11(2)3)12(4)10-6/h5,9H2,1-4H3. The Hall–Kier alpha value is -1.03. The van der Waals surface area contributed by atoms with Gasteiger partial charge in [0, 0.05) is 33.3 Å². The predicted molar refractivity (Wildman–Crippen MR) is 50.2 cm³/mol. The average molecular weight is 168 g/mol. The lowest BCUT2D eigenvalue weighted by molar-refractivity contribution is 0.744. The lowest BCUT2D eigenvalue weighted by Crippen LogP contribution is -2.16. The van der Waals surface area contributed by atoms with Gasteiger partial charge in [-0.25, -0.2) is 0 Å². The van der Waals surface area contributed by atoms with Crippen LogP contribution < -0.4 is 10.6 Å². The number of aryl methyl sites for hydroxylation is 2. The molecular formula is C8H16N4. The van der Waals surface area contributed by atoms with Gasteiger partial charge in [-0.3, -0.25) is 4.68 Å². The molecule has 0 amide bonds. The Morgan fingerprint density at radius 2 is 2.08 bits per heavy atom. The molecule has 0 aromatic carbocycles. The van der Waals surface area contributed by atoms with Crippen molar-refractivity contribution in [1.29, 1.82) is 0 Å². The Balaban J connectivity index is 3.23. The molecule has 0 fully saturated rings. The summed E-state index contributed by atoms with van der Waals surface area (Å²) in [6.45, 7) is 2.53. The van der Waals surface area contributed by atoms with E-state index in [9.17, 15) is 0 Å². The molecule has 68 valence electrons. The summed E-state index contributed by atoms with van der Waals surface area (Å²) in [6, 6.07) is 0. The van der Waals surface area contributed by atoms with Crippen LogP contribution in [-0.2, 0) is 13.6 Å². The van der Waals surface area contributed by atoms with Crippen LogP contribution in [0.3, 0.4) is 0 Å². The number of nitrogens with zero attached hydrogens (tertiary/aromatic N) is 3. The lowest BCUT2D eigenvalue weighted by atomic mass is 10.2. The SMILES string of the molecule is Cc1nn(C)c(N(C)C)c1CN. The van der Waals surface area contributed by atoms with Gasteiger partial charge in [0.25, 0.3) is 0 Å². The van der Waals surface area contributed by atoms with Crippen LogP contribution in [-0.4, -0.2) is 23.9 Å². The molecule has 0 spiro atoms. The van der Waals surface area contributed by atoms with E-state index in [1.165, 1.54) is 0 Å². The van der Waals surface area contributed by atoms with Crippen LogP contribution in [0.15, 0.2) is 0 Å². The van der Waals surface area contributed by atoms with Crippen molar-refractivity contribution < 1.29 is 0 Å². The number of rotatable bonds is 2. The van der Waals surface area contributed by atoms with Crippen LogP contribution in [0.25, 0.3) is 0 Å². The fourth-order valence-corrected chi connectivity index (χ4v) is 1.49. The third-order valence-electron chi connectivity index (χ3n) is 1.94. The Kier molecular flexibility index (Phi) is 2.38. The zero-order valence-corrected chi connectivity index (χ0v) is 8.13. The number of nitrogens with two attached hydrogens (primary N) is 1. The van der Waals surface area contributed by atoms with E-state index in [1.54, 1.807) is 0 Å². The van der Waals surface area contributed by atoms with Crippen molar-refractivity contribution in [3.63, 3.8) is 0 Å². The van der Waals surface area contributed by atoms with Crippen LogP contribution >= 0.6 is 0 Å². The number of aromatic nitrogens is 2. The van der Waals surface area contributed by atoms with Crippen molar-refractivity contribution in [3.05, 3.63) is 11.3 Å². The van der Waals surface area contributed by atoms with Crippen LogP contribution in [0.1, 0.15) is 11.3 Å². The highest BCUT2D eigenvalue weighted by Crippen LogP contribution is 2.19. The molecule has 1 rings (SSSR count). The zero-order valence-electron chi connectivity index (χ0n) is 8.13. The van der Waals surface area contributed by atoms with Crippen LogP contribution in [0, 0.1) is 6.92 Å². The highest BCUT2D eigenvalue weighted by molar-refractivity contribution is 5.48. The summed E-state index contributed by atoms with van der Waals surface area (Å²) in [4.78, 5) is 2.03. The molecule has 4 nitrogen and oxygen atoms in total. The maximum absolute atomic E-state index is 5.62. The molecule has 0 aliphatic rings. The summed E-state index contributed by atoms with van der Waals surface area (Å²) >= 11 is 0. The van der Waals surface area contributed by atoms with Crippen molar-refractivity contribution in [2.24, 2.45) is 12.8 Å². The second-order valence-corrected chi connectivity index (χ2v) is 3.11. The van der Waals surface area contributed by atoms with Gasteiger partial charge >= 0.3 is 0 Å². The Morgan fingerprint density at radius 3 is 2.42 bits per heavy atom. The zero-order chi connectivity index (χ0) is 9.30. The number of hydrogen-bond donors (Lipinski definition) is 1. The largest absolute Gasteiger partial charge is 0.363 e. The topological polar surface area (TPSA) is 47.1 Å². The number of anilines is 1. The van der Waals surface area contributed by atoms with Gasteiger partial charge in [-0.15, -0.1) is 0 Å². The maximum Gasteiger partial charge on any atom is 0.130 e. The fourth-order valence-electron chi connectivity index (χ4n) is 1.49. The van der Waals surface area contributed by atoms with Crippen molar-refractivity contribution in [1.82, 2.24) is 9.78 Å². The van der Waals surface area contributed by atoms with Gasteiger partial charge in [-0.1, -0.05) is 0 Å². The van der Waals surface area contributed by atoms with Gasteiger partial charge in [0.2, 0.25) is 0 Å². The molecule has 1 aromatic rings. The van der Waals surface area contributed by atoms with E-state index in [0.717, 1.165) is 17.1 Å². The second-order valence-electron chi connectivity index (χ2n) is 3.11. The maximum atomic E-state index is 5.62. The van der Waals surface area contributed by atoms with Gasteiger partial charge in [0.1, 0.15) is 5.82 Å². The third kappa shape index (κ3) is 1.30. The monoisotopic (exact) mass is 168 g/mol. The van der Waals surface area contributed by atoms with Gasteiger partial charge in [-0.2, -0.15) is 5.10 Å². The highest BCUT2D eigenvalue weighted by Gasteiger charge is 2.12. The van der Waals surface area contributed by atoms with Crippen LogP contribution in [0.5, 0.6) is 0 Å². The minimum Gasteiger partial charge on any atom is -0.363 e. The molecule has 0 unspecified atom stereocenters. The highest BCUT2D eigenvalue weighted by atomic mass is 15.3. The van der Waals surface area contributed by atoms with Gasteiger partial charge in [-0.05, 0) is 6.92 Å². The second kappa shape index (κ2) is 3.15. The molecule has 0 saturated heterocycles. The molecular weight excluding hydrogens is 152 g/mol. The minimum absolute atomic E-state index is 0.549. The summed E-state index contributed by atoms with van der Waals surface area (Å²) in [5.41, 5.74) is 7.77. The first-order chi connectivity index (χ1) is 5.57. The summed E-state index contributed by atoms with van der Waals surface area (Å²) in [6.07, 6.45) is 0. The third-order valence-corrected chi connectivity index (χ3v) is 1.94. The quantitative estimate of drug-likeness (QED) is 0.688. The minimum atomic E-state index is 0.549. The molecule has 0 saturated carbocycles. The molecule has 1 aromatic heterocycles. The normalized spacial score (nSPS) is 10.4. The van der Waals surface area contributed by atoms with Crippen molar-refractivity contribution in [2.75, 3.05) is 19.0 Å². The van der Waals surface area contributed by atoms with Crippen LogP contribution in [0.4, 0.5) is 5.82 Å². The fraction of sp³-hybridized carbons (Fsp3) is 0.625. The lowest BCUT2D eigenvalue weighted by Gasteiger charge is -2.14. The molecule has 0 aliphatic heterocycles. The molecule has 0 radical (unpaired) electrons. The predicted octanol–water partition coefficient (Wildman–Crippen LogP) is 0.253. The van der Waals surface area contributed by atoms with E-state index in [1.807, 2.05) is 37.6 Å². The van der Waals surface area contributed by atoms with Crippen molar-refractivity contribution in [3.8, 4) is 0 Å². The first-order valence-electron chi connectivity index (χ1n) is 3.97. The van der Waals surface area contributed by atoms with E-state index in [2.05, 4.69) is 5.10 Å². The van der Waals surface area contributed by atoms with Gasteiger partial charge in [0.05, 0.1) is 5.69 Å². The summed E-state index contributed by atoms with van der Waals surface area (Å²) < 4.78 is 1.86. The van der Waals surface area contributed by atoms with Crippen molar-refractivity contribution >= 4 is 5.82 Å². The first kappa shape index (κ1) is 9.06. The van der Waals surface area contributed by atoms with E-state index in [4.69, 9.17) is 5.73 Å². The Bertz CT molecular complexity index is 275. The average Bonchev–Trinajstić information content (AvgIpc) is 2.24. The van der Waals surface area contributed by atoms with Gasteiger partial charge < -0.3 is 10.6 Å². The van der Waals surface area contributed by atoms with Crippen LogP contribution in [0.2, 0.25) is 0 Å². The Labute approximate surface area is 73.0 Å². The molecule has 0 aliphatic carbocycles. The van der Waals surface area contributed by atoms with E-state index in [0.29, 0.717) is 6.54 Å². The van der Waals surface area contributed by atoms with Gasteiger partial charge in [0.15, 0.2) is 0 Å². The molecule has 12 heavy (non-hydrogen) atoms. The molecule has 2 N–H and O–H groups in total. The summed E-state index contributed by atoms with van der Waals surface area (Å²) in [5, 5.41) is 4.30. The Morgan fingerprint density at radius 1 is 1.50 bits per heavy atom. The first-order valence-corrected chi connectivity index (χ1v) is 3.97.